The van der Waals surface area contributed by atoms with Gasteiger partial charge in [0.05, 0.1) is 0 Å². The minimum Gasteiger partial charge on any atom is -0.0854 e. The molecular formula is C10H18. The predicted molar refractivity (Wildman–Crippen MR) is 45.9 cm³/mol. The molecule has 0 aromatic heterocycles. The lowest BCUT2D eigenvalue weighted by atomic mass is 10.0. The molecular weight excluding hydrogens is 120 g/mol. The van der Waals surface area contributed by atoms with Crippen LogP contribution in [0.15, 0.2) is 12.2 Å². The third-order valence-corrected chi connectivity index (χ3v) is 2.47. The van der Waals surface area contributed by atoms with Crippen molar-refractivity contribution >= 4 is 0 Å². The molecule has 0 heteroatoms. The topological polar surface area (TPSA) is 0 Å². The van der Waals surface area contributed by atoms with Crippen LogP contribution in [0.3, 0.4) is 0 Å². The zero-order valence-corrected chi connectivity index (χ0v) is 7.14. The number of hydrogen-bond acceptors (Lipinski definition) is 0. The Bertz CT molecular complexity index is 113. The molecule has 0 radical (unpaired) electrons. The van der Waals surface area contributed by atoms with Gasteiger partial charge in [-0.25, -0.2) is 0 Å². The second-order valence-electron chi connectivity index (χ2n) is 3.46. The van der Waals surface area contributed by atoms with Crippen molar-refractivity contribution in [2.45, 2.75) is 39.5 Å². The lowest BCUT2D eigenvalue weighted by molar-refractivity contribution is 0.523. The van der Waals surface area contributed by atoms with E-state index in [-0.39, 0.29) is 0 Å². The summed E-state index contributed by atoms with van der Waals surface area (Å²) in [5.41, 5.74) is 0. The fraction of sp³-hybridized carbons (Fsp3) is 0.800. The SMILES string of the molecule is CCC1C=CC(C)CCC1. The number of rotatable bonds is 1. The van der Waals surface area contributed by atoms with E-state index in [9.17, 15) is 0 Å². The number of allylic oxidation sites excluding steroid dienone is 2. The molecule has 10 heavy (non-hydrogen) atoms. The predicted octanol–water partition coefficient (Wildman–Crippen LogP) is 3.39. The average molecular weight is 138 g/mol. The highest BCUT2D eigenvalue weighted by molar-refractivity contribution is 4.93. The quantitative estimate of drug-likeness (QED) is 0.487. The molecule has 0 heterocycles. The van der Waals surface area contributed by atoms with Crippen LogP contribution in [-0.2, 0) is 0 Å². The van der Waals surface area contributed by atoms with Crippen LogP contribution in [0, 0.1) is 11.8 Å². The minimum atomic E-state index is 0.830. The maximum atomic E-state index is 2.41. The minimum absolute atomic E-state index is 0.830. The summed E-state index contributed by atoms with van der Waals surface area (Å²) in [7, 11) is 0. The van der Waals surface area contributed by atoms with E-state index < -0.39 is 0 Å². The van der Waals surface area contributed by atoms with Crippen molar-refractivity contribution in [3.8, 4) is 0 Å². The first-order valence-corrected chi connectivity index (χ1v) is 4.51. The Kier molecular flexibility index (Phi) is 2.98. The van der Waals surface area contributed by atoms with Crippen LogP contribution in [0.5, 0.6) is 0 Å². The van der Waals surface area contributed by atoms with E-state index in [0.717, 1.165) is 11.8 Å². The summed E-state index contributed by atoms with van der Waals surface area (Å²) in [6.45, 7) is 4.60. The van der Waals surface area contributed by atoms with E-state index in [1.54, 1.807) is 0 Å². The molecule has 58 valence electrons. The Labute approximate surface area is 64.3 Å². The average Bonchev–Trinajstić information content (AvgIpc) is 2.14. The largest absolute Gasteiger partial charge is 0.0854 e. The van der Waals surface area contributed by atoms with Gasteiger partial charge in [-0.1, -0.05) is 32.4 Å². The second kappa shape index (κ2) is 3.80. The van der Waals surface area contributed by atoms with Crippen molar-refractivity contribution in [1.82, 2.24) is 0 Å². The highest BCUT2D eigenvalue weighted by Crippen LogP contribution is 2.22. The summed E-state index contributed by atoms with van der Waals surface area (Å²) in [6, 6.07) is 0. The molecule has 0 saturated carbocycles. The monoisotopic (exact) mass is 138 g/mol. The summed E-state index contributed by atoms with van der Waals surface area (Å²) in [5, 5.41) is 0. The summed E-state index contributed by atoms with van der Waals surface area (Å²) in [5.74, 6) is 1.71. The van der Waals surface area contributed by atoms with Gasteiger partial charge in [0.1, 0.15) is 0 Å². The van der Waals surface area contributed by atoms with Crippen LogP contribution in [0.4, 0.5) is 0 Å². The molecule has 0 aromatic carbocycles. The lowest BCUT2D eigenvalue weighted by Crippen LogP contribution is -1.90. The van der Waals surface area contributed by atoms with Crippen molar-refractivity contribution in [3.63, 3.8) is 0 Å². The van der Waals surface area contributed by atoms with Gasteiger partial charge in [0.2, 0.25) is 0 Å². The Morgan fingerprint density at radius 3 is 2.80 bits per heavy atom. The summed E-state index contributed by atoms with van der Waals surface area (Å²) < 4.78 is 0. The Hall–Kier alpha value is -0.260. The summed E-state index contributed by atoms with van der Waals surface area (Å²) in [6.07, 6.45) is 10.4. The molecule has 0 bridgehead atoms. The van der Waals surface area contributed by atoms with Gasteiger partial charge >= 0.3 is 0 Å². The first kappa shape index (κ1) is 7.84. The Balaban J connectivity index is 2.42. The Morgan fingerprint density at radius 1 is 1.30 bits per heavy atom. The zero-order chi connectivity index (χ0) is 7.40. The molecule has 1 rings (SSSR count). The first-order chi connectivity index (χ1) is 4.83. The molecule has 0 saturated heterocycles. The van der Waals surface area contributed by atoms with E-state index in [4.69, 9.17) is 0 Å². The van der Waals surface area contributed by atoms with Gasteiger partial charge in [0.25, 0.3) is 0 Å². The zero-order valence-electron chi connectivity index (χ0n) is 7.14. The maximum Gasteiger partial charge on any atom is -0.0236 e. The van der Waals surface area contributed by atoms with Crippen LogP contribution in [0.2, 0.25) is 0 Å². The van der Waals surface area contributed by atoms with Crippen LogP contribution in [0.25, 0.3) is 0 Å². The van der Waals surface area contributed by atoms with Gasteiger partial charge in [-0.05, 0) is 31.1 Å². The van der Waals surface area contributed by atoms with E-state index in [1.807, 2.05) is 0 Å². The molecule has 0 amide bonds. The molecule has 1 aliphatic rings. The van der Waals surface area contributed by atoms with Crippen LogP contribution in [0.1, 0.15) is 39.5 Å². The second-order valence-corrected chi connectivity index (χ2v) is 3.46. The van der Waals surface area contributed by atoms with E-state index in [2.05, 4.69) is 26.0 Å². The molecule has 0 aromatic rings. The van der Waals surface area contributed by atoms with E-state index in [1.165, 1.54) is 25.7 Å². The molecule has 0 spiro atoms. The Morgan fingerprint density at radius 2 is 2.10 bits per heavy atom. The molecule has 2 atom stereocenters. The van der Waals surface area contributed by atoms with Crippen LogP contribution in [-0.4, -0.2) is 0 Å². The molecule has 0 nitrogen and oxygen atoms in total. The lowest BCUT2D eigenvalue weighted by Gasteiger charge is -2.04. The van der Waals surface area contributed by atoms with Gasteiger partial charge in [-0.3, -0.25) is 0 Å². The maximum absolute atomic E-state index is 2.41. The highest BCUT2D eigenvalue weighted by atomic mass is 14.1. The van der Waals surface area contributed by atoms with Crippen molar-refractivity contribution in [3.05, 3.63) is 12.2 Å². The van der Waals surface area contributed by atoms with E-state index >= 15 is 0 Å². The van der Waals surface area contributed by atoms with Crippen LogP contribution >= 0.6 is 0 Å². The van der Waals surface area contributed by atoms with Gasteiger partial charge in [0, 0.05) is 0 Å². The highest BCUT2D eigenvalue weighted by Gasteiger charge is 2.07. The van der Waals surface area contributed by atoms with Crippen molar-refractivity contribution < 1.29 is 0 Å². The molecule has 0 aliphatic heterocycles. The van der Waals surface area contributed by atoms with Crippen molar-refractivity contribution in [2.75, 3.05) is 0 Å². The molecule has 0 N–H and O–H groups in total. The van der Waals surface area contributed by atoms with Gasteiger partial charge < -0.3 is 0 Å². The number of hydrogen-bond donors (Lipinski definition) is 0. The van der Waals surface area contributed by atoms with Crippen LogP contribution < -0.4 is 0 Å². The standard InChI is InChI=1S/C10H18/c1-3-10-6-4-5-9(2)7-8-10/h7-10H,3-6H2,1-2H3. The third-order valence-electron chi connectivity index (χ3n) is 2.47. The van der Waals surface area contributed by atoms with Gasteiger partial charge in [0.15, 0.2) is 0 Å². The van der Waals surface area contributed by atoms with E-state index in [0.29, 0.717) is 0 Å². The summed E-state index contributed by atoms with van der Waals surface area (Å²) >= 11 is 0. The summed E-state index contributed by atoms with van der Waals surface area (Å²) in [4.78, 5) is 0. The molecule has 1 aliphatic carbocycles. The molecule has 2 unspecified atom stereocenters. The van der Waals surface area contributed by atoms with Crippen molar-refractivity contribution in [2.24, 2.45) is 11.8 Å². The molecule has 0 fully saturated rings. The normalized spacial score (nSPS) is 33.8. The van der Waals surface area contributed by atoms with Gasteiger partial charge in [-0.2, -0.15) is 0 Å². The van der Waals surface area contributed by atoms with Gasteiger partial charge in [-0.15, -0.1) is 0 Å². The fourth-order valence-corrected chi connectivity index (χ4v) is 1.58. The smallest absolute Gasteiger partial charge is 0.0236 e. The first-order valence-electron chi connectivity index (χ1n) is 4.51. The third kappa shape index (κ3) is 2.17. The fourth-order valence-electron chi connectivity index (χ4n) is 1.58. The van der Waals surface area contributed by atoms with Crippen molar-refractivity contribution in [1.29, 1.82) is 0 Å².